The molecule has 0 atom stereocenters. The molecule has 3 aromatic rings. The van der Waals surface area contributed by atoms with E-state index in [9.17, 15) is 4.79 Å². The Balaban J connectivity index is 2.13. The molecule has 21 heavy (non-hydrogen) atoms. The number of aromatic nitrogens is 1. The molecule has 104 valence electrons. The topological polar surface area (TPSA) is 34.0 Å². The number of rotatable bonds is 0. The van der Waals surface area contributed by atoms with Crippen LogP contribution >= 0.6 is 0 Å². The molecule has 3 nitrogen and oxygen atoms in total. The van der Waals surface area contributed by atoms with Crippen LogP contribution in [-0.2, 0) is 6.67 Å². The number of fused-ring (bicyclic) bond motifs is 4. The van der Waals surface area contributed by atoms with Gasteiger partial charge in [0.2, 0.25) is 0 Å². The van der Waals surface area contributed by atoms with Gasteiger partial charge in [-0.05, 0) is 48.6 Å². The van der Waals surface area contributed by atoms with Gasteiger partial charge in [0.05, 0.1) is 12.4 Å². The van der Waals surface area contributed by atoms with Gasteiger partial charge in [0.15, 0.2) is 0 Å². The molecule has 0 saturated carbocycles. The average Bonchev–Trinajstić information content (AvgIpc) is 2.49. The van der Waals surface area contributed by atoms with E-state index in [1.54, 1.807) is 0 Å². The molecule has 0 amide bonds. The first-order valence-electron chi connectivity index (χ1n) is 7.13. The van der Waals surface area contributed by atoms with E-state index < -0.39 is 0 Å². The van der Waals surface area contributed by atoms with Crippen molar-refractivity contribution in [3.05, 3.63) is 63.9 Å². The van der Waals surface area contributed by atoms with Gasteiger partial charge in [-0.3, -0.25) is 9.36 Å². The summed E-state index contributed by atoms with van der Waals surface area (Å²) < 4.78 is 1.82. The Kier molecular flexibility index (Phi) is 2.45. The van der Waals surface area contributed by atoms with E-state index in [0.717, 1.165) is 33.3 Å². The van der Waals surface area contributed by atoms with Gasteiger partial charge in [-0.15, -0.1) is 0 Å². The molecule has 1 N–H and O–H groups in total. The van der Waals surface area contributed by atoms with Crippen molar-refractivity contribution in [1.29, 1.82) is 0 Å². The summed E-state index contributed by atoms with van der Waals surface area (Å²) in [6, 6.07) is 14.4. The summed E-state index contributed by atoms with van der Waals surface area (Å²) in [6.45, 7) is 4.65. The van der Waals surface area contributed by atoms with E-state index in [4.69, 9.17) is 0 Å². The third-order valence-electron chi connectivity index (χ3n) is 4.36. The fraction of sp³-hybridized carbons (Fsp3) is 0.167. The van der Waals surface area contributed by atoms with Crippen LogP contribution in [0.2, 0.25) is 0 Å². The molecule has 0 unspecified atom stereocenters. The first kappa shape index (κ1) is 12.2. The highest BCUT2D eigenvalue weighted by molar-refractivity contribution is 5.89. The van der Waals surface area contributed by atoms with Gasteiger partial charge in [-0.25, -0.2) is 0 Å². The molecule has 1 aromatic heterocycles. The summed E-state index contributed by atoms with van der Waals surface area (Å²) in [5, 5.41) is 5.13. The van der Waals surface area contributed by atoms with Crippen molar-refractivity contribution in [2.75, 3.05) is 5.32 Å². The molecule has 1 aliphatic rings. The van der Waals surface area contributed by atoms with Gasteiger partial charge in [0, 0.05) is 16.6 Å². The minimum Gasteiger partial charge on any atom is -0.367 e. The van der Waals surface area contributed by atoms with Crippen molar-refractivity contribution in [3.63, 3.8) is 0 Å². The van der Waals surface area contributed by atoms with Crippen LogP contribution in [0.15, 0.2) is 47.3 Å². The number of anilines is 1. The van der Waals surface area contributed by atoms with E-state index in [1.807, 2.05) is 35.8 Å². The Hall–Kier alpha value is -2.55. The predicted molar refractivity (Wildman–Crippen MR) is 86.7 cm³/mol. The van der Waals surface area contributed by atoms with Crippen LogP contribution in [0.1, 0.15) is 11.1 Å². The molecular formula is C18H16N2O. The molecule has 3 heteroatoms. The first-order valence-corrected chi connectivity index (χ1v) is 7.13. The number of hydrogen-bond acceptors (Lipinski definition) is 2. The van der Waals surface area contributed by atoms with Gasteiger partial charge in [-0.1, -0.05) is 24.3 Å². The number of para-hydroxylation sites is 1. The van der Waals surface area contributed by atoms with Gasteiger partial charge < -0.3 is 5.32 Å². The van der Waals surface area contributed by atoms with Crippen LogP contribution in [0.4, 0.5) is 5.69 Å². The lowest BCUT2D eigenvalue weighted by Crippen LogP contribution is -2.28. The number of pyridine rings is 1. The molecule has 0 spiro atoms. The number of hydrogen-bond donors (Lipinski definition) is 1. The van der Waals surface area contributed by atoms with E-state index in [2.05, 4.69) is 30.4 Å². The number of nitrogens with zero attached hydrogens (tertiary/aromatic N) is 1. The highest BCUT2D eigenvalue weighted by atomic mass is 16.1. The van der Waals surface area contributed by atoms with Crippen molar-refractivity contribution >= 4 is 16.5 Å². The van der Waals surface area contributed by atoms with Crippen molar-refractivity contribution in [2.45, 2.75) is 20.5 Å². The third-order valence-corrected chi connectivity index (χ3v) is 4.36. The predicted octanol–water partition coefficient (Wildman–Crippen LogP) is 3.67. The maximum Gasteiger partial charge on any atom is 0.260 e. The summed E-state index contributed by atoms with van der Waals surface area (Å²) in [6.07, 6.45) is 0. The summed E-state index contributed by atoms with van der Waals surface area (Å²) in [4.78, 5) is 12.8. The molecular weight excluding hydrogens is 260 g/mol. The molecule has 2 aromatic carbocycles. The molecule has 1 aliphatic heterocycles. The molecule has 0 saturated heterocycles. The third kappa shape index (κ3) is 1.70. The minimum absolute atomic E-state index is 0.0765. The summed E-state index contributed by atoms with van der Waals surface area (Å²) in [5.41, 5.74) is 5.61. The van der Waals surface area contributed by atoms with Gasteiger partial charge in [0.25, 0.3) is 5.56 Å². The Morgan fingerprint density at radius 3 is 2.67 bits per heavy atom. The van der Waals surface area contributed by atoms with Crippen molar-refractivity contribution in [2.24, 2.45) is 0 Å². The maximum atomic E-state index is 12.8. The van der Waals surface area contributed by atoms with Crippen molar-refractivity contribution in [3.8, 4) is 11.3 Å². The smallest absolute Gasteiger partial charge is 0.260 e. The molecule has 0 fully saturated rings. The van der Waals surface area contributed by atoms with E-state index >= 15 is 0 Å². The van der Waals surface area contributed by atoms with Crippen LogP contribution in [0.3, 0.4) is 0 Å². The monoisotopic (exact) mass is 276 g/mol. The zero-order valence-electron chi connectivity index (χ0n) is 12.1. The van der Waals surface area contributed by atoms with Gasteiger partial charge in [0.1, 0.15) is 0 Å². The SMILES string of the molecule is Cc1cc2cc3n(c(=O)c2cc1C)CNc1ccccc1-3. The molecule has 0 bridgehead atoms. The van der Waals surface area contributed by atoms with Crippen LogP contribution < -0.4 is 10.9 Å². The van der Waals surface area contributed by atoms with Crippen LogP contribution in [0, 0.1) is 13.8 Å². The zero-order valence-corrected chi connectivity index (χ0v) is 12.1. The fourth-order valence-corrected chi connectivity index (χ4v) is 3.03. The zero-order chi connectivity index (χ0) is 14.6. The van der Waals surface area contributed by atoms with E-state index in [0.29, 0.717) is 6.67 Å². The van der Waals surface area contributed by atoms with Crippen LogP contribution in [0.25, 0.3) is 22.0 Å². The second-order valence-corrected chi connectivity index (χ2v) is 5.67. The summed E-state index contributed by atoms with van der Waals surface area (Å²) in [5.74, 6) is 0. The molecule has 4 rings (SSSR count). The molecule has 2 heterocycles. The largest absolute Gasteiger partial charge is 0.367 e. The minimum atomic E-state index is 0.0765. The lowest BCUT2D eigenvalue weighted by atomic mass is 10.00. The Bertz CT molecular complexity index is 938. The first-order chi connectivity index (χ1) is 10.1. The van der Waals surface area contributed by atoms with Crippen LogP contribution in [-0.4, -0.2) is 4.57 Å². The number of nitrogens with one attached hydrogen (secondary N) is 1. The lowest BCUT2D eigenvalue weighted by Gasteiger charge is -2.24. The quantitative estimate of drug-likeness (QED) is 0.679. The average molecular weight is 276 g/mol. The Morgan fingerprint density at radius 1 is 1.05 bits per heavy atom. The maximum absolute atomic E-state index is 12.8. The summed E-state index contributed by atoms with van der Waals surface area (Å²) in [7, 11) is 0. The standard InChI is InChI=1S/C18H16N2O/c1-11-7-13-9-17-14-5-3-4-6-16(14)19-10-20(17)18(21)15(13)8-12(11)2/h3-9,19H,10H2,1-2H3. The Morgan fingerprint density at radius 2 is 1.81 bits per heavy atom. The molecule has 0 aliphatic carbocycles. The van der Waals surface area contributed by atoms with Gasteiger partial charge >= 0.3 is 0 Å². The highest BCUT2D eigenvalue weighted by Crippen LogP contribution is 2.32. The van der Waals surface area contributed by atoms with Crippen molar-refractivity contribution < 1.29 is 0 Å². The highest BCUT2D eigenvalue weighted by Gasteiger charge is 2.17. The molecule has 0 radical (unpaired) electrons. The second-order valence-electron chi connectivity index (χ2n) is 5.67. The van der Waals surface area contributed by atoms with Crippen molar-refractivity contribution in [1.82, 2.24) is 4.57 Å². The van der Waals surface area contributed by atoms with E-state index in [1.165, 1.54) is 5.56 Å². The number of benzene rings is 2. The van der Waals surface area contributed by atoms with E-state index in [-0.39, 0.29) is 5.56 Å². The lowest BCUT2D eigenvalue weighted by molar-refractivity contribution is 0.743. The normalized spacial score (nSPS) is 12.7. The number of aryl methyl sites for hydroxylation is 2. The van der Waals surface area contributed by atoms with Gasteiger partial charge in [-0.2, -0.15) is 0 Å². The summed E-state index contributed by atoms with van der Waals surface area (Å²) >= 11 is 0. The Labute approximate surface area is 122 Å². The second kappa shape index (κ2) is 4.22. The fourth-order valence-electron chi connectivity index (χ4n) is 3.03. The van der Waals surface area contributed by atoms with Crippen LogP contribution in [0.5, 0.6) is 0 Å².